The van der Waals surface area contributed by atoms with Crippen LogP contribution in [0.4, 0.5) is 0 Å². The van der Waals surface area contributed by atoms with Crippen LogP contribution >= 0.6 is 0 Å². The lowest BCUT2D eigenvalue weighted by molar-refractivity contribution is 0.242. The molecule has 0 heterocycles. The Bertz CT molecular complexity index is 238. The van der Waals surface area contributed by atoms with Crippen LogP contribution < -0.4 is 0 Å². The number of aliphatic hydroxyl groups is 1. The van der Waals surface area contributed by atoms with Crippen molar-refractivity contribution >= 4 is 9.84 Å². The third-order valence-corrected chi connectivity index (χ3v) is 3.30. The molecule has 0 spiro atoms. The number of rotatable bonds is 7. The molecule has 0 rings (SSSR count). The average molecular weight is 223 g/mol. The summed E-state index contributed by atoms with van der Waals surface area (Å²) in [7, 11) is -0.980. The predicted molar refractivity (Wildman–Crippen MR) is 58.1 cm³/mol. The summed E-state index contributed by atoms with van der Waals surface area (Å²) in [4.78, 5) is 2.01. The molecule has 4 nitrogen and oxygen atoms in total. The van der Waals surface area contributed by atoms with E-state index in [1.165, 1.54) is 6.26 Å². The van der Waals surface area contributed by atoms with E-state index in [1.54, 1.807) is 0 Å². The monoisotopic (exact) mass is 223 g/mol. The Hall–Kier alpha value is -0.130. The molecule has 86 valence electrons. The number of nitrogens with zero attached hydrogens (tertiary/aromatic N) is 1. The minimum absolute atomic E-state index is 0.0451. The Labute approximate surface area is 86.8 Å². The van der Waals surface area contributed by atoms with Gasteiger partial charge in [0.15, 0.2) is 0 Å². The van der Waals surface area contributed by atoms with Gasteiger partial charge in [0.05, 0.1) is 5.75 Å². The lowest BCUT2D eigenvalue weighted by Crippen LogP contribution is -2.35. The van der Waals surface area contributed by atoms with Gasteiger partial charge in [0.2, 0.25) is 0 Å². The normalized spacial score (nSPS) is 14.6. The van der Waals surface area contributed by atoms with E-state index in [9.17, 15) is 8.42 Å². The first-order valence-corrected chi connectivity index (χ1v) is 6.91. The highest BCUT2D eigenvalue weighted by Gasteiger charge is 2.14. The molecular weight excluding hydrogens is 202 g/mol. The van der Waals surface area contributed by atoms with Crippen LogP contribution in [0.15, 0.2) is 0 Å². The van der Waals surface area contributed by atoms with Gasteiger partial charge in [-0.25, -0.2) is 8.42 Å². The summed E-state index contributed by atoms with van der Waals surface area (Å²) >= 11 is 0. The summed E-state index contributed by atoms with van der Waals surface area (Å²) in [6.07, 6.45) is 2.93. The molecule has 0 aromatic carbocycles. The SMILES string of the molecule is CC(CS(C)(=O)=O)N(C)CCCCO. The average Bonchev–Trinajstić information content (AvgIpc) is 2.01. The molecule has 1 N–H and O–H groups in total. The highest BCUT2D eigenvalue weighted by molar-refractivity contribution is 7.90. The van der Waals surface area contributed by atoms with Crippen LogP contribution in [0.5, 0.6) is 0 Å². The number of aliphatic hydroxyl groups excluding tert-OH is 1. The molecule has 0 aromatic heterocycles. The van der Waals surface area contributed by atoms with Gasteiger partial charge in [0, 0.05) is 18.9 Å². The van der Waals surface area contributed by atoms with E-state index in [-0.39, 0.29) is 18.4 Å². The van der Waals surface area contributed by atoms with Gasteiger partial charge in [-0.2, -0.15) is 0 Å². The fraction of sp³-hybridized carbons (Fsp3) is 1.00. The van der Waals surface area contributed by atoms with Crippen molar-refractivity contribution in [1.82, 2.24) is 4.90 Å². The van der Waals surface area contributed by atoms with Crippen LogP contribution in [0.2, 0.25) is 0 Å². The standard InChI is InChI=1S/C9H21NO3S/c1-9(8-14(3,12)13)10(2)6-4-5-7-11/h9,11H,4-8H2,1-3H3. The summed E-state index contributed by atoms with van der Waals surface area (Å²) in [6, 6.07) is 0.0451. The van der Waals surface area contributed by atoms with E-state index in [0.717, 1.165) is 19.4 Å². The Morgan fingerprint density at radius 3 is 2.36 bits per heavy atom. The third-order valence-electron chi connectivity index (χ3n) is 2.22. The van der Waals surface area contributed by atoms with Gasteiger partial charge in [-0.3, -0.25) is 0 Å². The maximum atomic E-state index is 11.0. The third kappa shape index (κ3) is 7.29. The second-order valence-electron chi connectivity index (χ2n) is 3.85. The molecule has 0 aliphatic carbocycles. The molecule has 0 radical (unpaired) electrons. The topological polar surface area (TPSA) is 57.6 Å². The molecule has 0 bridgehead atoms. The molecule has 1 atom stereocenters. The van der Waals surface area contributed by atoms with Crippen molar-refractivity contribution in [3.63, 3.8) is 0 Å². The molecule has 0 saturated heterocycles. The van der Waals surface area contributed by atoms with Gasteiger partial charge in [-0.1, -0.05) is 0 Å². The molecular formula is C9H21NO3S. The molecule has 0 aliphatic rings. The Kier molecular flexibility index (Phi) is 6.31. The second kappa shape index (κ2) is 6.37. The van der Waals surface area contributed by atoms with Crippen molar-refractivity contribution in [1.29, 1.82) is 0 Å². The van der Waals surface area contributed by atoms with Gasteiger partial charge in [-0.15, -0.1) is 0 Å². The molecule has 14 heavy (non-hydrogen) atoms. The van der Waals surface area contributed by atoms with Crippen LogP contribution in [0, 0.1) is 0 Å². The molecule has 1 unspecified atom stereocenters. The van der Waals surface area contributed by atoms with E-state index in [4.69, 9.17) is 5.11 Å². The summed E-state index contributed by atoms with van der Waals surface area (Å²) in [6.45, 7) is 2.94. The quantitative estimate of drug-likeness (QED) is 0.623. The number of unbranched alkanes of at least 4 members (excludes halogenated alkanes) is 1. The van der Waals surface area contributed by atoms with E-state index >= 15 is 0 Å². The van der Waals surface area contributed by atoms with E-state index < -0.39 is 9.84 Å². The predicted octanol–water partition coefficient (Wildman–Crippen LogP) is 0.124. The first kappa shape index (κ1) is 13.9. The molecule has 0 aliphatic heterocycles. The highest BCUT2D eigenvalue weighted by Crippen LogP contribution is 2.01. The van der Waals surface area contributed by atoms with Crippen molar-refractivity contribution < 1.29 is 13.5 Å². The highest BCUT2D eigenvalue weighted by atomic mass is 32.2. The molecule has 0 fully saturated rings. The van der Waals surface area contributed by atoms with Crippen LogP contribution in [-0.4, -0.2) is 56.7 Å². The summed E-state index contributed by atoms with van der Waals surface area (Å²) in [5, 5.41) is 8.59. The zero-order valence-corrected chi connectivity index (χ0v) is 10.0. The molecule has 0 aromatic rings. The van der Waals surface area contributed by atoms with Crippen molar-refractivity contribution in [2.75, 3.05) is 32.2 Å². The van der Waals surface area contributed by atoms with Crippen LogP contribution in [-0.2, 0) is 9.84 Å². The van der Waals surface area contributed by atoms with E-state index in [1.807, 2.05) is 18.9 Å². The fourth-order valence-electron chi connectivity index (χ4n) is 1.26. The summed E-state index contributed by atoms with van der Waals surface area (Å²) in [5.74, 6) is 0.197. The van der Waals surface area contributed by atoms with Gasteiger partial charge >= 0.3 is 0 Å². The van der Waals surface area contributed by atoms with Crippen LogP contribution in [0.3, 0.4) is 0 Å². The van der Waals surface area contributed by atoms with Gasteiger partial charge in [-0.05, 0) is 33.4 Å². The smallest absolute Gasteiger partial charge is 0.148 e. The number of sulfone groups is 1. The minimum Gasteiger partial charge on any atom is -0.396 e. The maximum absolute atomic E-state index is 11.0. The number of hydrogen-bond acceptors (Lipinski definition) is 4. The Morgan fingerprint density at radius 1 is 1.36 bits per heavy atom. The van der Waals surface area contributed by atoms with Crippen molar-refractivity contribution in [3.8, 4) is 0 Å². The fourth-order valence-corrected chi connectivity index (χ4v) is 2.39. The van der Waals surface area contributed by atoms with Gasteiger partial charge in [0.25, 0.3) is 0 Å². The Morgan fingerprint density at radius 2 is 1.93 bits per heavy atom. The molecule has 5 heteroatoms. The summed E-state index contributed by atoms with van der Waals surface area (Å²) in [5.41, 5.74) is 0. The first-order chi connectivity index (χ1) is 6.37. The zero-order chi connectivity index (χ0) is 11.2. The molecule has 0 saturated carbocycles. The summed E-state index contributed by atoms with van der Waals surface area (Å²) < 4.78 is 22.0. The maximum Gasteiger partial charge on any atom is 0.148 e. The largest absolute Gasteiger partial charge is 0.396 e. The number of hydrogen-bond donors (Lipinski definition) is 1. The lowest BCUT2D eigenvalue weighted by Gasteiger charge is -2.23. The van der Waals surface area contributed by atoms with Crippen LogP contribution in [0.1, 0.15) is 19.8 Å². The minimum atomic E-state index is -2.89. The zero-order valence-electron chi connectivity index (χ0n) is 9.23. The van der Waals surface area contributed by atoms with E-state index in [0.29, 0.717) is 0 Å². The van der Waals surface area contributed by atoms with Crippen molar-refractivity contribution in [2.24, 2.45) is 0 Å². The molecule has 0 amide bonds. The van der Waals surface area contributed by atoms with Crippen molar-refractivity contribution in [2.45, 2.75) is 25.8 Å². The van der Waals surface area contributed by atoms with Gasteiger partial charge < -0.3 is 10.0 Å². The van der Waals surface area contributed by atoms with Crippen molar-refractivity contribution in [3.05, 3.63) is 0 Å². The van der Waals surface area contributed by atoms with E-state index in [2.05, 4.69) is 0 Å². The van der Waals surface area contributed by atoms with Crippen LogP contribution in [0.25, 0.3) is 0 Å². The second-order valence-corrected chi connectivity index (χ2v) is 6.04. The first-order valence-electron chi connectivity index (χ1n) is 4.85. The van der Waals surface area contributed by atoms with Gasteiger partial charge in [0.1, 0.15) is 9.84 Å². The lowest BCUT2D eigenvalue weighted by atomic mass is 10.2. The Balaban J connectivity index is 3.82.